The van der Waals surface area contributed by atoms with Gasteiger partial charge < -0.3 is 5.11 Å². The molecule has 1 aromatic carbocycles. The normalized spacial score (nSPS) is 13.5. The molecular formula is C22H33F3N2O3S4. The molecule has 0 aliphatic rings. The molecule has 34 heavy (non-hydrogen) atoms. The lowest BCUT2D eigenvalue weighted by molar-refractivity contribution is -0.117. The maximum Gasteiger partial charge on any atom is 0.263 e. The summed E-state index contributed by atoms with van der Waals surface area (Å²) < 4.78 is 57.2. The number of hydrogen-bond acceptors (Lipinski definition) is 4. The van der Waals surface area contributed by atoms with Crippen molar-refractivity contribution < 1.29 is 27.3 Å². The highest BCUT2D eigenvalue weighted by molar-refractivity contribution is 7.93. The molecule has 3 N–H and O–H groups in total. The van der Waals surface area contributed by atoms with Gasteiger partial charge in [-0.05, 0) is 60.6 Å². The van der Waals surface area contributed by atoms with Gasteiger partial charge in [0, 0.05) is 10.4 Å². The van der Waals surface area contributed by atoms with E-state index in [1.807, 2.05) is 27.7 Å². The van der Waals surface area contributed by atoms with Crippen LogP contribution in [-0.4, -0.2) is 15.2 Å². The van der Waals surface area contributed by atoms with Crippen LogP contribution in [-0.2, 0) is 26.7 Å². The van der Waals surface area contributed by atoms with Crippen LogP contribution in [0.15, 0.2) is 26.8 Å². The van der Waals surface area contributed by atoms with E-state index in [4.69, 9.17) is 5.14 Å². The lowest BCUT2D eigenvalue weighted by Gasteiger charge is -2.21. The number of nitrogens with two attached hydrogens (primary N) is 1. The van der Waals surface area contributed by atoms with Crippen LogP contribution in [0.5, 0.6) is 0 Å². The summed E-state index contributed by atoms with van der Waals surface area (Å²) in [7, 11) is -3.90. The quantitative estimate of drug-likeness (QED) is 0.437. The van der Waals surface area contributed by atoms with Gasteiger partial charge in [0.1, 0.15) is 0 Å². The number of benzene rings is 1. The molecular weight excluding hydrogens is 526 g/mol. The van der Waals surface area contributed by atoms with Crippen molar-refractivity contribution in [1.29, 1.82) is 0 Å². The highest BCUT2D eigenvalue weighted by atomic mass is 32.2. The minimum Gasteiger partial charge on any atom is -0.385 e. The van der Waals surface area contributed by atoms with E-state index in [9.17, 15) is 27.3 Å². The third kappa shape index (κ3) is 7.72. The van der Waals surface area contributed by atoms with Gasteiger partial charge in [-0.15, -0.1) is 15.7 Å². The summed E-state index contributed by atoms with van der Waals surface area (Å²) in [6, 6.07) is 3.76. The fourth-order valence-electron chi connectivity index (χ4n) is 3.33. The number of aliphatic hydroxyl groups is 1. The number of halogens is 3. The molecule has 2 aromatic rings. The minimum atomic E-state index is -3.90. The summed E-state index contributed by atoms with van der Waals surface area (Å²) in [4.78, 5) is 12.9. The highest BCUT2D eigenvalue weighted by Crippen LogP contribution is 2.35. The number of amides is 1. The highest BCUT2D eigenvalue weighted by Gasteiger charge is 2.27. The first-order valence-corrected chi connectivity index (χ1v) is 12.5. The summed E-state index contributed by atoms with van der Waals surface area (Å²) >= 11 is 0.688. The third-order valence-electron chi connectivity index (χ3n) is 4.93. The molecule has 1 amide bonds. The standard InChI is InChI=1S/C22H29F3N2O3S2.2H2S/c1-11(2)14-7-13(20(24)25)8-15(12(3)4)16(14)9-19(28)27-32(26,30)21-17(23)10-18(31-21)22(5,6)29;;/h7-8,10-12,20,29H,9H2,1-6H3,(H2,26,27,28,30);2*1H2. The fraction of sp³-hybridized carbons (Fsp3) is 0.500. The molecule has 0 spiro atoms. The summed E-state index contributed by atoms with van der Waals surface area (Å²) in [5.41, 5.74) is 0.171. The number of hydrogen-bond donors (Lipinski definition) is 2. The number of carbonyl (C=O) groups excluding carboxylic acids is 1. The van der Waals surface area contributed by atoms with Crippen LogP contribution >= 0.6 is 38.3 Å². The Morgan fingerprint density at radius 3 is 1.94 bits per heavy atom. The van der Waals surface area contributed by atoms with Gasteiger partial charge in [-0.25, -0.2) is 22.5 Å². The Morgan fingerprint density at radius 1 is 1.12 bits per heavy atom. The Kier molecular flexibility index (Phi) is 11.9. The van der Waals surface area contributed by atoms with Gasteiger partial charge in [0.2, 0.25) is 0 Å². The third-order valence-corrected chi connectivity index (χ3v) is 8.31. The van der Waals surface area contributed by atoms with Gasteiger partial charge >= 0.3 is 0 Å². The van der Waals surface area contributed by atoms with E-state index >= 15 is 0 Å². The molecule has 1 unspecified atom stereocenters. The molecule has 1 atom stereocenters. The molecule has 0 saturated carbocycles. The molecule has 12 heteroatoms. The van der Waals surface area contributed by atoms with Crippen molar-refractivity contribution in [2.75, 3.05) is 0 Å². The SMILES string of the molecule is CC(C)c1cc(C(F)F)cc(C(C)C)c1CC(=O)N=S(N)(=O)c1sc(C(C)(C)O)cc1F.S.S. The molecule has 1 heterocycles. The Balaban J connectivity index is 0.00000544. The van der Waals surface area contributed by atoms with E-state index in [2.05, 4.69) is 4.36 Å². The molecule has 0 bridgehead atoms. The second kappa shape index (κ2) is 12.3. The first-order valence-electron chi connectivity index (χ1n) is 10.1. The zero-order valence-electron chi connectivity index (χ0n) is 19.9. The van der Waals surface area contributed by atoms with E-state index in [1.165, 1.54) is 26.0 Å². The number of rotatable bonds is 7. The smallest absolute Gasteiger partial charge is 0.263 e. The van der Waals surface area contributed by atoms with Crippen molar-refractivity contribution in [3.05, 3.63) is 51.1 Å². The Hall–Kier alpha value is -1.05. The largest absolute Gasteiger partial charge is 0.385 e. The van der Waals surface area contributed by atoms with Crippen LogP contribution in [0.3, 0.4) is 0 Å². The predicted molar refractivity (Wildman–Crippen MR) is 142 cm³/mol. The van der Waals surface area contributed by atoms with E-state index in [-0.39, 0.29) is 55.7 Å². The number of nitrogens with zero attached hydrogens (tertiary/aromatic N) is 1. The molecule has 0 aliphatic heterocycles. The number of carbonyl (C=O) groups is 1. The molecule has 0 aliphatic carbocycles. The first kappa shape index (κ1) is 33.0. The summed E-state index contributed by atoms with van der Waals surface area (Å²) in [6.07, 6.45) is -2.96. The molecule has 2 rings (SSSR count). The zero-order chi connectivity index (χ0) is 24.6. The topological polar surface area (TPSA) is 92.8 Å². The zero-order valence-corrected chi connectivity index (χ0v) is 23.5. The van der Waals surface area contributed by atoms with Crippen LogP contribution in [0.4, 0.5) is 13.2 Å². The van der Waals surface area contributed by atoms with Gasteiger partial charge in [0.05, 0.1) is 12.0 Å². The molecule has 194 valence electrons. The number of alkyl halides is 2. The monoisotopic (exact) mass is 558 g/mol. The fourth-order valence-corrected chi connectivity index (χ4v) is 5.75. The predicted octanol–water partition coefficient (Wildman–Crippen LogP) is 5.99. The molecule has 0 saturated heterocycles. The number of thiophene rings is 1. The second-order valence-corrected chi connectivity index (χ2v) is 11.9. The molecule has 0 radical (unpaired) electrons. The van der Waals surface area contributed by atoms with E-state index < -0.39 is 37.9 Å². The Labute approximate surface area is 217 Å². The maximum atomic E-state index is 14.4. The lowest BCUT2D eigenvalue weighted by Crippen LogP contribution is -2.17. The molecule has 0 fully saturated rings. The maximum absolute atomic E-state index is 14.4. The first-order chi connectivity index (χ1) is 14.5. The molecule has 5 nitrogen and oxygen atoms in total. The van der Waals surface area contributed by atoms with Crippen molar-refractivity contribution in [3.63, 3.8) is 0 Å². The molecule has 1 aromatic heterocycles. The summed E-state index contributed by atoms with van der Waals surface area (Å²) in [5, 5.41) is 15.8. The average molecular weight is 559 g/mol. The Morgan fingerprint density at radius 2 is 1.59 bits per heavy atom. The van der Waals surface area contributed by atoms with Crippen molar-refractivity contribution in [1.82, 2.24) is 0 Å². The van der Waals surface area contributed by atoms with Crippen LogP contribution in [0.25, 0.3) is 0 Å². The van der Waals surface area contributed by atoms with Crippen LogP contribution in [0.1, 0.15) is 86.9 Å². The second-order valence-electron chi connectivity index (χ2n) is 8.82. The van der Waals surface area contributed by atoms with Crippen LogP contribution in [0, 0.1) is 5.82 Å². The van der Waals surface area contributed by atoms with Crippen molar-refractivity contribution in [2.24, 2.45) is 9.50 Å². The summed E-state index contributed by atoms with van der Waals surface area (Å²) in [5.74, 6) is -2.06. The Bertz CT molecular complexity index is 1100. The van der Waals surface area contributed by atoms with E-state index in [0.717, 1.165) is 6.07 Å². The van der Waals surface area contributed by atoms with Gasteiger partial charge in [0.25, 0.3) is 12.3 Å². The van der Waals surface area contributed by atoms with Crippen LogP contribution < -0.4 is 5.14 Å². The van der Waals surface area contributed by atoms with Crippen molar-refractivity contribution in [2.45, 2.75) is 76.0 Å². The van der Waals surface area contributed by atoms with Crippen LogP contribution in [0.2, 0.25) is 0 Å². The van der Waals surface area contributed by atoms with E-state index in [1.54, 1.807) is 0 Å². The van der Waals surface area contributed by atoms with Gasteiger partial charge in [0.15, 0.2) is 19.9 Å². The average Bonchev–Trinajstić information content (AvgIpc) is 3.03. The lowest BCUT2D eigenvalue weighted by atomic mass is 9.85. The van der Waals surface area contributed by atoms with Crippen molar-refractivity contribution in [3.8, 4) is 0 Å². The van der Waals surface area contributed by atoms with Gasteiger partial charge in [-0.2, -0.15) is 27.0 Å². The van der Waals surface area contributed by atoms with Crippen molar-refractivity contribution >= 4 is 54.2 Å². The minimum absolute atomic E-state index is 0. The van der Waals surface area contributed by atoms with Gasteiger partial charge in [-0.3, -0.25) is 4.79 Å². The van der Waals surface area contributed by atoms with Gasteiger partial charge in [-0.1, -0.05) is 27.7 Å². The van der Waals surface area contributed by atoms with E-state index in [0.29, 0.717) is 28.0 Å². The summed E-state index contributed by atoms with van der Waals surface area (Å²) in [6.45, 7) is 10.2.